The molecule has 0 radical (unpaired) electrons. The van der Waals surface area contributed by atoms with Crippen LogP contribution in [0.25, 0.3) is 11.1 Å². The van der Waals surface area contributed by atoms with Gasteiger partial charge in [0, 0.05) is 11.3 Å². The lowest BCUT2D eigenvalue weighted by molar-refractivity contribution is 0.0698. The fraction of sp³-hybridized carbons (Fsp3) is 0.0769. The largest absolute Gasteiger partial charge is 0.478 e. The second kappa shape index (κ2) is 9.40. The third kappa shape index (κ3) is 4.49. The summed E-state index contributed by atoms with van der Waals surface area (Å²) in [5, 5.41) is 16.0. The van der Waals surface area contributed by atoms with Gasteiger partial charge in [0.05, 0.1) is 11.3 Å². The summed E-state index contributed by atoms with van der Waals surface area (Å²) in [4.78, 5) is 40.4. The molecule has 0 saturated heterocycles. The van der Waals surface area contributed by atoms with Crippen LogP contribution in [0.1, 0.15) is 37.9 Å². The Morgan fingerprint density at radius 2 is 1.51 bits per heavy atom. The Morgan fingerprint density at radius 3 is 2.20 bits per heavy atom. The molecule has 1 aliphatic rings. The minimum Gasteiger partial charge on any atom is -0.478 e. The van der Waals surface area contributed by atoms with E-state index in [1.165, 1.54) is 17.5 Å². The number of carbonyl (C=O) groups is 3. The van der Waals surface area contributed by atoms with Gasteiger partial charge in [0.1, 0.15) is 12.3 Å². The molecule has 1 heterocycles. The van der Waals surface area contributed by atoms with Crippen molar-refractivity contribution in [3.63, 3.8) is 0 Å². The molecule has 35 heavy (non-hydrogen) atoms. The number of para-hydroxylation sites is 1. The first-order valence-corrected chi connectivity index (χ1v) is 11.6. The molecule has 0 bridgehead atoms. The zero-order chi connectivity index (χ0) is 24.4. The molecule has 8 nitrogen and oxygen atoms in total. The Morgan fingerprint density at radius 1 is 0.886 bits per heavy atom. The fourth-order valence-corrected chi connectivity index (χ4v) is 4.80. The van der Waals surface area contributed by atoms with Crippen molar-refractivity contribution in [3.05, 3.63) is 101 Å². The minimum atomic E-state index is -1.16. The predicted octanol–water partition coefficient (Wildman–Crippen LogP) is 5.45. The second-order valence-corrected chi connectivity index (χ2v) is 8.65. The molecule has 3 aromatic carbocycles. The first-order chi connectivity index (χ1) is 17.0. The number of anilines is 2. The van der Waals surface area contributed by atoms with Gasteiger partial charge < -0.3 is 15.2 Å². The van der Waals surface area contributed by atoms with Crippen LogP contribution in [0.4, 0.5) is 15.6 Å². The summed E-state index contributed by atoms with van der Waals surface area (Å²) in [5.41, 5.74) is 4.66. The number of fused-ring (bicyclic) bond motifs is 3. The molecule has 0 saturated carbocycles. The summed E-state index contributed by atoms with van der Waals surface area (Å²) in [7, 11) is 0. The van der Waals surface area contributed by atoms with E-state index in [0.717, 1.165) is 33.6 Å². The number of carboxylic acids is 1. The topological polar surface area (TPSA) is 118 Å². The first kappa shape index (κ1) is 22.3. The van der Waals surface area contributed by atoms with Crippen molar-refractivity contribution in [3.8, 4) is 11.1 Å². The zero-order valence-electron chi connectivity index (χ0n) is 18.2. The van der Waals surface area contributed by atoms with E-state index in [1.54, 1.807) is 12.1 Å². The number of rotatable bonds is 6. The summed E-state index contributed by atoms with van der Waals surface area (Å²) in [6, 6.07) is 22.2. The average molecular weight is 486 g/mol. The molecule has 0 spiro atoms. The molecule has 4 aromatic rings. The predicted molar refractivity (Wildman–Crippen MR) is 132 cm³/mol. The number of carbonyl (C=O) groups excluding carboxylic acids is 2. The maximum atomic E-state index is 12.5. The molecule has 0 atom stereocenters. The number of nitrogens with one attached hydrogen (secondary N) is 2. The van der Waals surface area contributed by atoms with Gasteiger partial charge in [-0.1, -0.05) is 60.7 Å². The smallest absolute Gasteiger partial charge is 0.413 e. The van der Waals surface area contributed by atoms with Crippen LogP contribution in [0.3, 0.4) is 0 Å². The van der Waals surface area contributed by atoms with Crippen LogP contribution in [0.15, 0.2) is 78.2 Å². The van der Waals surface area contributed by atoms with Crippen molar-refractivity contribution in [1.29, 1.82) is 0 Å². The van der Waals surface area contributed by atoms with Gasteiger partial charge in [0.25, 0.3) is 5.91 Å². The van der Waals surface area contributed by atoms with E-state index in [2.05, 4.69) is 27.8 Å². The van der Waals surface area contributed by atoms with Gasteiger partial charge in [-0.25, -0.2) is 14.6 Å². The van der Waals surface area contributed by atoms with Gasteiger partial charge in [0.2, 0.25) is 0 Å². The number of hydrogen-bond donors (Lipinski definition) is 3. The number of aromatic nitrogens is 1. The minimum absolute atomic E-state index is 0.0342. The highest BCUT2D eigenvalue weighted by atomic mass is 32.1. The lowest BCUT2D eigenvalue weighted by Gasteiger charge is -2.14. The highest BCUT2D eigenvalue weighted by Crippen LogP contribution is 2.44. The summed E-state index contributed by atoms with van der Waals surface area (Å²) >= 11 is 1.06. The molecule has 2 amide bonds. The van der Waals surface area contributed by atoms with E-state index in [-0.39, 0.29) is 34.6 Å². The Kier molecular flexibility index (Phi) is 5.99. The number of aromatic carboxylic acids is 1. The SMILES string of the molecule is O=C(Nc1nc(C(=O)Nc2ccccc2C(=O)O)cs1)OCC1c2ccccc2-c2ccccc21. The summed E-state index contributed by atoms with van der Waals surface area (Å²) in [5.74, 6) is -1.81. The van der Waals surface area contributed by atoms with E-state index < -0.39 is 18.0 Å². The Bertz CT molecular complexity index is 1400. The van der Waals surface area contributed by atoms with E-state index >= 15 is 0 Å². The average Bonchev–Trinajstić information content (AvgIpc) is 3.46. The van der Waals surface area contributed by atoms with Crippen molar-refractivity contribution in [2.45, 2.75) is 5.92 Å². The van der Waals surface area contributed by atoms with Crippen LogP contribution >= 0.6 is 11.3 Å². The standard InChI is InChI=1S/C26H19N3O5S/c30-23(27-21-12-6-5-11-19(21)24(31)32)22-14-35-25(28-22)29-26(33)34-13-20-17-9-3-1-7-15(17)16-8-2-4-10-18(16)20/h1-12,14,20H,13H2,(H,27,30)(H,31,32)(H,28,29,33). The number of hydrogen-bond acceptors (Lipinski definition) is 6. The van der Waals surface area contributed by atoms with Crippen LogP contribution < -0.4 is 10.6 Å². The number of amides is 2. The number of nitrogens with zero attached hydrogens (tertiary/aromatic N) is 1. The number of ether oxygens (including phenoxy) is 1. The molecule has 5 rings (SSSR count). The molecule has 1 aromatic heterocycles. The van der Waals surface area contributed by atoms with E-state index in [9.17, 15) is 19.5 Å². The van der Waals surface area contributed by atoms with Crippen molar-refractivity contribution >= 4 is 40.1 Å². The fourth-order valence-electron chi connectivity index (χ4n) is 4.12. The van der Waals surface area contributed by atoms with Crippen LogP contribution in [-0.2, 0) is 4.74 Å². The van der Waals surface area contributed by atoms with Crippen molar-refractivity contribution in [1.82, 2.24) is 4.98 Å². The summed E-state index contributed by atoms with van der Waals surface area (Å²) in [6.45, 7) is 0.157. The van der Waals surface area contributed by atoms with Crippen molar-refractivity contribution < 1.29 is 24.2 Å². The maximum absolute atomic E-state index is 12.5. The van der Waals surface area contributed by atoms with Crippen LogP contribution in [-0.4, -0.2) is 34.7 Å². The Hall–Kier alpha value is -4.50. The number of thiazole rings is 1. The molecule has 0 aliphatic heterocycles. The number of carboxylic acid groups (broad SMARTS) is 1. The molecule has 3 N–H and O–H groups in total. The zero-order valence-corrected chi connectivity index (χ0v) is 19.0. The van der Waals surface area contributed by atoms with Crippen LogP contribution in [0.5, 0.6) is 0 Å². The van der Waals surface area contributed by atoms with E-state index in [1.807, 2.05) is 36.4 Å². The third-order valence-electron chi connectivity index (χ3n) is 5.70. The van der Waals surface area contributed by atoms with Crippen molar-refractivity contribution in [2.75, 3.05) is 17.2 Å². The normalized spacial score (nSPS) is 11.9. The van der Waals surface area contributed by atoms with Crippen LogP contribution in [0.2, 0.25) is 0 Å². The molecular weight excluding hydrogens is 466 g/mol. The maximum Gasteiger partial charge on any atom is 0.413 e. The highest BCUT2D eigenvalue weighted by Gasteiger charge is 2.29. The van der Waals surface area contributed by atoms with Gasteiger partial charge in [-0.3, -0.25) is 10.1 Å². The summed E-state index contributed by atoms with van der Waals surface area (Å²) < 4.78 is 5.50. The van der Waals surface area contributed by atoms with Gasteiger partial charge in [-0.2, -0.15) is 0 Å². The van der Waals surface area contributed by atoms with Gasteiger partial charge in [-0.15, -0.1) is 11.3 Å². The number of benzene rings is 3. The molecule has 9 heteroatoms. The monoisotopic (exact) mass is 485 g/mol. The molecule has 1 aliphatic carbocycles. The van der Waals surface area contributed by atoms with E-state index in [0.29, 0.717) is 0 Å². The van der Waals surface area contributed by atoms with Gasteiger partial charge in [-0.05, 0) is 34.4 Å². The Balaban J connectivity index is 1.22. The van der Waals surface area contributed by atoms with Crippen LogP contribution in [0, 0.1) is 0 Å². The first-order valence-electron chi connectivity index (χ1n) is 10.7. The molecule has 0 fully saturated rings. The molecular formula is C26H19N3O5S. The molecule has 174 valence electrons. The lowest BCUT2D eigenvalue weighted by atomic mass is 9.98. The lowest BCUT2D eigenvalue weighted by Crippen LogP contribution is -2.18. The second-order valence-electron chi connectivity index (χ2n) is 7.79. The van der Waals surface area contributed by atoms with Gasteiger partial charge >= 0.3 is 12.1 Å². The Labute approximate surface area is 204 Å². The van der Waals surface area contributed by atoms with Crippen molar-refractivity contribution in [2.24, 2.45) is 0 Å². The van der Waals surface area contributed by atoms with E-state index in [4.69, 9.17) is 4.74 Å². The highest BCUT2D eigenvalue weighted by molar-refractivity contribution is 7.14. The quantitative estimate of drug-likeness (QED) is 0.334. The summed E-state index contributed by atoms with van der Waals surface area (Å²) in [6.07, 6.45) is -0.676. The van der Waals surface area contributed by atoms with Gasteiger partial charge in [0.15, 0.2) is 5.13 Å². The third-order valence-corrected chi connectivity index (χ3v) is 6.45. The molecule has 0 unspecified atom stereocenters.